The van der Waals surface area contributed by atoms with Crippen molar-refractivity contribution in [1.29, 1.82) is 10.5 Å². The molecule has 1 rings (SSSR count). The molecule has 0 saturated carbocycles. The zero-order chi connectivity index (χ0) is 22.0. The van der Waals surface area contributed by atoms with E-state index in [2.05, 4.69) is 103 Å². The molecule has 0 aliphatic heterocycles. The van der Waals surface area contributed by atoms with Gasteiger partial charge < -0.3 is 0 Å². The third kappa shape index (κ3) is 5.39. The molecule has 1 aromatic carbocycles. The fourth-order valence-corrected chi connectivity index (χ4v) is 3.46. The van der Waals surface area contributed by atoms with Crippen LogP contribution in [0.2, 0.25) is 36.3 Å². The maximum Gasteiger partial charge on any atom is 0.138 e. The van der Waals surface area contributed by atoms with Crippen LogP contribution in [0.1, 0.15) is 63.8 Å². The van der Waals surface area contributed by atoms with Crippen molar-refractivity contribution in [3.63, 3.8) is 0 Å². The fraction of sp³-hybridized carbons (Fsp3) is 0.500. The second-order valence-corrected chi connectivity index (χ2v) is 20.4. The van der Waals surface area contributed by atoms with Crippen LogP contribution in [0.15, 0.2) is 12.1 Å². The summed E-state index contributed by atoms with van der Waals surface area (Å²) in [6, 6.07) is 7.70. The van der Waals surface area contributed by atoms with Crippen molar-refractivity contribution >= 4 is 16.1 Å². The lowest BCUT2D eigenvalue weighted by molar-refractivity contribution is 0.730. The first-order valence-electron chi connectivity index (χ1n) is 9.60. The van der Waals surface area contributed by atoms with Gasteiger partial charge in [-0.05, 0) is 22.2 Å². The number of hydrogen-bond donors (Lipinski definition) is 0. The minimum absolute atomic E-state index is 0.150. The Morgan fingerprint density at radius 3 is 1.11 bits per heavy atom. The van der Waals surface area contributed by atoms with Gasteiger partial charge >= 0.3 is 0 Å². The van der Waals surface area contributed by atoms with E-state index in [1.54, 1.807) is 12.1 Å². The average molecular weight is 405 g/mol. The monoisotopic (exact) mass is 404 g/mol. The van der Waals surface area contributed by atoms with Crippen LogP contribution in [-0.2, 0) is 0 Å². The summed E-state index contributed by atoms with van der Waals surface area (Å²) in [6.45, 7) is 22.4. The lowest BCUT2D eigenvalue weighted by Crippen LogP contribution is -2.35. The highest BCUT2D eigenvalue weighted by Gasteiger charge is 2.34. The summed E-state index contributed by atoms with van der Waals surface area (Å²) in [6.07, 6.45) is 0. The van der Waals surface area contributed by atoms with Gasteiger partial charge in [0.1, 0.15) is 28.3 Å². The first-order chi connectivity index (χ1) is 12.6. The highest BCUT2D eigenvalue weighted by molar-refractivity contribution is 6.88. The van der Waals surface area contributed by atoms with Crippen LogP contribution in [-0.4, -0.2) is 16.1 Å². The van der Waals surface area contributed by atoms with Crippen molar-refractivity contribution in [3.05, 3.63) is 34.4 Å². The highest BCUT2D eigenvalue weighted by atomic mass is 28.3. The van der Waals surface area contributed by atoms with Crippen molar-refractivity contribution in [2.24, 2.45) is 0 Å². The zero-order valence-electron chi connectivity index (χ0n) is 19.0. The lowest BCUT2D eigenvalue weighted by Gasteiger charge is -2.31. The Labute approximate surface area is 174 Å². The number of benzene rings is 1. The van der Waals surface area contributed by atoms with Crippen LogP contribution in [0.25, 0.3) is 0 Å². The summed E-state index contributed by atoms with van der Waals surface area (Å²) < 4.78 is 0. The maximum absolute atomic E-state index is 9.42. The summed E-state index contributed by atoms with van der Waals surface area (Å²) in [5, 5.41) is 19.1. The third-order valence-corrected chi connectivity index (χ3v) is 15.2. The normalized spacial score (nSPS) is 12.0. The van der Waals surface area contributed by atoms with Gasteiger partial charge in [-0.25, -0.2) is 0 Å². The molecular formula is C24H32N2Si2. The Balaban J connectivity index is 3.68. The van der Waals surface area contributed by atoms with E-state index in [0.717, 1.165) is 11.1 Å². The van der Waals surface area contributed by atoms with Gasteiger partial charge in [0.25, 0.3) is 0 Å². The number of nitrogens with zero attached hydrogens (tertiary/aromatic N) is 2. The van der Waals surface area contributed by atoms with E-state index in [1.165, 1.54) is 0 Å². The van der Waals surface area contributed by atoms with Gasteiger partial charge in [0, 0.05) is 11.1 Å². The van der Waals surface area contributed by atoms with Gasteiger partial charge in [0.05, 0.1) is 11.1 Å². The average Bonchev–Trinajstić information content (AvgIpc) is 2.55. The van der Waals surface area contributed by atoms with Crippen LogP contribution in [0.5, 0.6) is 0 Å². The van der Waals surface area contributed by atoms with E-state index in [-0.39, 0.29) is 10.1 Å². The summed E-state index contributed by atoms with van der Waals surface area (Å²) in [5.74, 6) is 6.65. The smallest absolute Gasteiger partial charge is 0.138 e. The van der Waals surface area contributed by atoms with Gasteiger partial charge in [-0.15, -0.1) is 11.1 Å². The Bertz CT molecular complexity index is 884. The topological polar surface area (TPSA) is 47.6 Å². The Hall–Kier alpha value is -2.25. The molecule has 28 heavy (non-hydrogen) atoms. The van der Waals surface area contributed by atoms with E-state index in [4.69, 9.17) is 0 Å². The quantitative estimate of drug-likeness (QED) is 0.380. The van der Waals surface area contributed by atoms with Crippen molar-refractivity contribution < 1.29 is 0 Å². The molecule has 4 heteroatoms. The summed E-state index contributed by atoms with van der Waals surface area (Å²) >= 11 is 0. The predicted octanol–water partition coefficient (Wildman–Crippen LogP) is 6.23. The molecule has 0 aromatic heterocycles. The van der Waals surface area contributed by atoms with Gasteiger partial charge in [-0.2, -0.15) is 10.5 Å². The molecule has 2 nitrogen and oxygen atoms in total. The number of hydrogen-bond acceptors (Lipinski definition) is 2. The maximum atomic E-state index is 9.42. The van der Waals surface area contributed by atoms with E-state index < -0.39 is 16.1 Å². The van der Waals surface area contributed by atoms with Gasteiger partial charge in [-0.3, -0.25) is 0 Å². The fourth-order valence-electron chi connectivity index (χ4n) is 1.81. The van der Waals surface area contributed by atoms with Crippen LogP contribution in [0.3, 0.4) is 0 Å². The molecule has 0 bridgehead atoms. The molecular weight excluding hydrogens is 372 g/mol. The molecule has 0 atom stereocenters. The van der Waals surface area contributed by atoms with E-state index in [9.17, 15) is 10.5 Å². The van der Waals surface area contributed by atoms with E-state index >= 15 is 0 Å². The van der Waals surface area contributed by atoms with Gasteiger partial charge in [-0.1, -0.05) is 79.6 Å². The zero-order valence-corrected chi connectivity index (χ0v) is 21.0. The summed E-state index contributed by atoms with van der Waals surface area (Å²) in [7, 11) is -3.60. The Morgan fingerprint density at radius 2 is 0.893 bits per heavy atom. The van der Waals surface area contributed by atoms with Crippen molar-refractivity contribution in [3.8, 4) is 35.1 Å². The lowest BCUT2D eigenvalue weighted by atomic mass is 10.0. The second kappa shape index (κ2) is 8.01. The summed E-state index contributed by atoms with van der Waals surface area (Å²) in [4.78, 5) is 0. The second-order valence-electron chi connectivity index (χ2n) is 10.4. The van der Waals surface area contributed by atoms with Gasteiger partial charge in [0.2, 0.25) is 0 Å². The molecule has 0 aliphatic carbocycles. The van der Waals surface area contributed by atoms with Crippen LogP contribution >= 0.6 is 0 Å². The minimum atomic E-state index is -1.80. The first kappa shape index (κ1) is 23.8. The standard InChI is InChI=1S/C24H32N2Si2/c1-23(2,3)27(7,8)13-11-19-15-21(17-25)22(18-26)16-20(19)12-14-28(9,10)24(4,5)6/h15-16H,1-10H3. The Morgan fingerprint density at radius 1 is 0.607 bits per heavy atom. The molecule has 0 fully saturated rings. The van der Waals surface area contributed by atoms with E-state index in [1.807, 2.05) is 0 Å². The SMILES string of the molecule is CC(C)(C)[Si](C)(C)C#Cc1cc(C#N)c(C#N)cc1C#C[Si](C)(C)C(C)(C)C. The molecule has 0 radical (unpaired) electrons. The predicted molar refractivity (Wildman–Crippen MR) is 124 cm³/mol. The van der Waals surface area contributed by atoms with Crippen molar-refractivity contribution in [2.45, 2.75) is 77.8 Å². The van der Waals surface area contributed by atoms with Crippen molar-refractivity contribution in [1.82, 2.24) is 0 Å². The third-order valence-electron chi connectivity index (χ3n) is 6.17. The van der Waals surface area contributed by atoms with E-state index in [0.29, 0.717) is 11.1 Å². The van der Waals surface area contributed by atoms with Crippen molar-refractivity contribution in [2.75, 3.05) is 0 Å². The Kier molecular flexibility index (Phi) is 6.81. The van der Waals surface area contributed by atoms with Crippen LogP contribution < -0.4 is 0 Å². The van der Waals surface area contributed by atoms with Crippen LogP contribution in [0.4, 0.5) is 0 Å². The van der Waals surface area contributed by atoms with Gasteiger partial charge in [0.15, 0.2) is 0 Å². The molecule has 0 N–H and O–H groups in total. The molecule has 0 unspecified atom stereocenters. The molecule has 0 spiro atoms. The molecule has 146 valence electrons. The largest absolute Gasteiger partial charge is 0.192 e. The molecule has 1 aromatic rings. The first-order valence-corrected chi connectivity index (χ1v) is 15.6. The molecule has 0 aliphatic rings. The number of rotatable bonds is 0. The minimum Gasteiger partial charge on any atom is -0.192 e. The summed E-state index contributed by atoms with van der Waals surface area (Å²) in [5.41, 5.74) is 9.26. The molecule has 0 heterocycles. The number of nitriles is 2. The highest BCUT2D eigenvalue weighted by Crippen LogP contribution is 2.36. The van der Waals surface area contributed by atoms with Crippen LogP contribution in [0, 0.1) is 45.6 Å². The molecule has 0 amide bonds. The molecule has 0 saturated heterocycles.